The van der Waals surface area contributed by atoms with Crippen molar-refractivity contribution in [2.75, 3.05) is 11.5 Å². The molecule has 0 amide bonds. The summed E-state index contributed by atoms with van der Waals surface area (Å²) in [6.07, 6.45) is 0. The van der Waals surface area contributed by atoms with Gasteiger partial charge >= 0.3 is 10.2 Å². The molecule has 1 aromatic rings. The lowest BCUT2D eigenvalue weighted by Gasteiger charge is -2.10. The summed E-state index contributed by atoms with van der Waals surface area (Å²) < 4.78 is 34.1. The highest BCUT2D eigenvalue weighted by molar-refractivity contribution is 7.86. The Balaban J connectivity index is 3.66. The molecule has 0 aliphatic rings. The fourth-order valence-corrected chi connectivity index (χ4v) is 1.92. The quantitative estimate of drug-likeness (QED) is 0.546. The van der Waals surface area contributed by atoms with Gasteiger partial charge in [0.25, 0.3) is 0 Å². The van der Waals surface area contributed by atoms with E-state index in [2.05, 4.69) is 0 Å². The van der Waals surface area contributed by atoms with Crippen LogP contribution in [0.5, 0.6) is 0 Å². The van der Waals surface area contributed by atoms with Gasteiger partial charge in [-0.05, 0) is 31.0 Å². The van der Waals surface area contributed by atoms with E-state index in [-0.39, 0.29) is 16.9 Å². The number of nitrogen functional groups attached to an aromatic ring is 2. The Labute approximate surface area is 81.9 Å². The molecule has 0 bridgehead atoms. The first-order valence-electron chi connectivity index (χ1n) is 3.85. The van der Waals surface area contributed by atoms with Gasteiger partial charge in [-0.15, -0.1) is 3.89 Å². The lowest BCUT2D eigenvalue weighted by molar-refractivity contribution is 0.551. The zero-order valence-corrected chi connectivity index (χ0v) is 8.65. The van der Waals surface area contributed by atoms with Crippen LogP contribution in [0, 0.1) is 13.8 Å². The highest BCUT2D eigenvalue weighted by Crippen LogP contribution is 2.29. The smallest absolute Gasteiger partial charge is 0.332 e. The maximum atomic E-state index is 12.7. The molecule has 0 saturated heterocycles. The lowest BCUT2D eigenvalue weighted by atomic mass is 10.1. The second-order valence-electron chi connectivity index (χ2n) is 3.07. The molecule has 4 N–H and O–H groups in total. The van der Waals surface area contributed by atoms with Gasteiger partial charge in [-0.25, -0.2) is 0 Å². The Hall–Kier alpha value is -1.30. The molecule has 1 rings (SSSR count). The van der Waals surface area contributed by atoms with Gasteiger partial charge in [0.15, 0.2) is 0 Å². The maximum absolute atomic E-state index is 12.7. The van der Waals surface area contributed by atoms with Crippen molar-refractivity contribution >= 4 is 21.6 Å². The van der Waals surface area contributed by atoms with Crippen molar-refractivity contribution in [3.63, 3.8) is 0 Å². The van der Waals surface area contributed by atoms with E-state index in [0.29, 0.717) is 5.56 Å². The van der Waals surface area contributed by atoms with E-state index in [0.717, 1.165) is 6.07 Å². The molecule has 4 nitrogen and oxygen atoms in total. The predicted molar refractivity (Wildman–Crippen MR) is 53.0 cm³/mol. The lowest BCUT2D eigenvalue weighted by Crippen LogP contribution is -2.05. The van der Waals surface area contributed by atoms with E-state index in [9.17, 15) is 12.3 Å². The fourth-order valence-electron chi connectivity index (χ4n) is 1.18. The minimum absolute atomic E-state index is 0.171. The van der Waals surface area contributed by atoms with Crippen LogP contribution in [0.1, 0.15) is 11.1 Å². The molecule has 78 valence electrons. The minimum Gasteiger partial charge on any atom is -0.398 e. The van der Waals surface area contributed by atoms with Gasteiger partial charge in [0.2, 0.25) is 0 Å². The fraction of sp³-hybridized carbons (Fsp3) is 0.250. The zero-order chi connectivity index (χ0) is 11.1. The van der Waals surface area contributed by atoms with Crippen molar-refractivity contribution in [3.05, 3.63) is 17.2 Å². The highest BCUT2D eigenvalue weighted by Gasteiger charge is 2.19. The molecule has 0 heterocycles. The van der Waals surface area contributed by atoms with E-state index >= 15 is 0 Å². The van der Waals surface area contributed by atoms with E-state index in [1.165, 1.54) is 6.92 Å². The molecule has 1 aromatic carbocycles. The van der Waals surface area contributed by atoms with E-state index in [1.807, 2.05) is 0 Å². The second kappa shape index (κ2) is 3.13. The topological polar surface area (TPSA) is 86.2 Å². The summed E-state index contributed by atoms with van der Waals surface area (Å²) in [5.74, 6) is 0. The average Bonchev–Trinajstić information content (AvgIpc) is 2.06. The van der Waals surface area contributed by atoms with Crippen LogP contribution in [0.3, 0.4) is 0 Å². The van der Waals surface area contributed by atoms with Gasteiger partial charge in [0, 0.05) is 11.4 Å². The van der Waals surface area contributed by atoms with Crippen molar-refractivity contribution in [1.82, 2.24) is 0 Å². The number of halogens is 1. The van der Waals surface area contributed by atoms with Crippen molar-refractivity contribution in [1.29, 1.82) is 0 Å². The van der Waals surface area contributed by atoms with Gasteiger partial charge in [-0.3, -0.25) is 0 Å². The highest BCUT2D eigenvalue weighted by atomic mass is 32.3. The summed E-state index contributed by atoms with van der Waals surface area (Å²) in [5.41, 5.74) is 12.2. The molecule has 0 saturated carbocycles. The first-order valence-corrected chi connectivity index (χ1v) is 5.23. The molecule has 0 aromatic heterocycles. The summed E-state index contributed by atoms with van der Waals surface area (Å²) in [4.78, 5) is -0.460. The molecule has 0 aliphatic carbocycles. The molecule has 0 aliphatic heterocycles. The SMILES string of the molecule is Cc1c(N)cc(S(=O)(=O)F)c(C)c1N. The standard InChI is InChI=1S/C8H11FN2O2S/c1-4-6(10)3-7(14(9,12)13)5(2)8(4)11/h3H,10-11H2,1-2H3. The van der Waals surface area contributed by atoms with Gasteiger partial charge in [0.1, 0.15) is 4.90 Å². The van der Waals surface area contributed by atoms with Gasteiger partial charge in [0.05, 0.1) is 0 Å². The van der Waals surface area contributed by atoms with Crippen molar-refractivity contribution in [2.24, 2.45) is 0 Å². The molecule has 14 heavy (non-hydrogen) atoms. The number of nitrogens with two attached hydrogens (primary N) is 2. The molecule has 0 fully saturated rings. The van der Waals surface area contributed by atoms with Crippen molar-refractivity contribution in [2.45, 2.75) is 18.7 Å². The Bertz CT molecular complexity index is 483. The van der Waals surface area contributed by atoms with Crippen LogP contribution >= 0.6 is 0 Å². The normalized spacial score (nSPS) is 11.6. The number of anilines is 2. The molecular formula is C8H11FN2O2S. The van der Waals surface area contributed by atoms with Crippen molar-refractivity contribution in [3.8, 4) is 0 Å². The van der Waals surface area contributed by atoms with Crippen LogP contribution in [0.15, 0.2) is 11.0 Å². The second-order valence-corrected chi connectivity index (χ2v) is 4.38. The average molecular weight is 218 g/mol. The third-order valence-corrected chi connectivity index (χ3v) is 3.11. The molecule has 0 unspecified atom stereocenters. The van der Waals surface area contributed by atoms with E-state index in [1.54, 1.807) is 6.92 Å². The summed E-state index contributed by atoms with van der Waals surface area (Å²) in [6.45, 7) is 3.08. The molecule has 6 heteroatoms. The Morgan fingerprint density at radius 1 is 1.21 bits per heavy atom. The van der Waals surface area contributed by atoms with Crippen LogP contribution in [-0.2, 0) is 10.2 Å². The van der Waals surface area contributed by atoms with Gasteiger partial charge in [-0.2, -0.15) is 8.42 Å². The monoisotopic (exact) mass is 218 g/mol. The number of hydrogen-bond donors (Lipinski definition) is 2. The van der Waals surface area contributed by atoms with Crippen LogP contribution in [-0.4, -0.2) is 8.42 Å². The summed E-state index contributed by atoms with van der Waals surface area (Å²) in [5, 5.41) is 0. The van der Waals surface area contributed by atoms with Crippen LogP contribution in [0.2, 0.25) is 0 Å². The first-order chi connectivity index (χ1) is 6.25. The summed E-state index contributed by atoms with van der Waals surface area (Å²) in [7, 11) is -4.76. The molecule has 0 spiro atoms. The van der Waals surface area contributed by atoms with Crippen LogP contribution in [0.4, 0.5) is 15.3 Å². The molecule has 0 radical (unpaired) electrons. The Kier molecular flexibility index (Phi) is 2.41. The van der Waals surface area contributed by atoms with Crippen LogP contribution < -0.4 is 11.5 Å². The zero-order valence-electron chi connectivity index (χ0n) is 7.83. The third kappa shape index (κ3) is 1.65. The molecule has 0 atom stereocenters. The maximum Gasteiger partial charge on any atom is 0.332 e. The van der Waals surface area contributed by atoms with Crippen molar-refractivity contribution < 1.29 is 12.3 Å². The first kappa shape index (κ1) is 10.8. The van der Waals surface area contributed by atoms with Gasteiger partial charge in [-0.1, -0.05) is 0 Å². The number of hydrogen-bond acceptors (Lipinski definition) is 4. The summed E-state index contributed by atoms with van der Waals surface area (Å²) >= 11 is 0. The van der Waals surface area contributed by atoms with E-state index in [4.69, 9.17) is 11.5 Å². The minimum atomic E-state index is -4.76. The van der Waals surface area contributed by atoms with Gasteiger partial charge < -0.3 is 11.5 Å². The van der Waals surface area contributed by atoms with E-state index < -0.39 is 15.1 Å². The Morgan fingerprint density at radius 3 is 2.14 bits per heavy atom. The van der Waals surface area contributed by atoms with Crippen LogP contribution in [0.25, 0.3) is 0 Å². The third-order valence-electron chi connectivity index (χ3n) is 2.16. The molecular weight excluding hydrogens is 207 g/mol. The largest absolute Gasteiger partial charge is 0.398 e. The number of benzene rings is 1. The number of rotatable bonds is 1. The predicted octanol–water partition coefficient (Wildman–Crippen LogP) is 1.13. The summed E-state index contributed by atoms with van der Waals surface area (Å²) in [6, 6.07) is 1.08. The Morgan fingerprint density at radius 2 is 1.71 bits per heavy atom.